The van der Waals surface area contributed by atoms with Gasteiger partial charge in [0.25, 0.3) is 0 Å². The van der Waals surface area contributed by atoms with Gasteiger partial charge in [-0.2, -0.15) is 11.8 Å². The number of carbonyl (C=O) groups is 1. The first kappa shape index (κ1) is 14.4. The molecule has 2 N–H and O–H groups in total. The van der Waals surface area contributed by atoms with Crippen molar-refractivity contribution in [2.24, 2.45) is 0 Å². The average Bonchev–Trinajstić information content (AvgIpc) is 2.86. The number of rotatable bonds is 5. The highest BCUT2D eigenvalue weighted by Gasteiger charge is 2.26. The molecule has 0 spiro atoms. The molecular weight excluding hydrogens is 256 g/mol. The van der Waals surface area contributed by atoms with E-state index in [1.54, 1.807) is 0 Å². The van der Waals surface area contributed by atoms with Gasteiger partial charge in [0, 0.05) is 17.0 Å². The van der Waals surface area contributed by atoms with Crippen molar-refractivity contribution in [2.45, 2.75) is 37.5 Å². The predicted octanol–water partition coefficient (Wildman–Crippen LogP) is 2.81. The Morgan fingerprint density at radius 3 is 2.89 bits per heavy atom. The monoisotopic (exact) mass is 278 g/mol. The fraction of sp³-hybridized carbons (Fsp3) is 0.533. The van der Waals surface area contributed by atoms with Crippen LogP contribution in [-0.4, -0.2) is 30.0 Å². The largest absolute Gasteiger partial charge is 0.325 e. The second-order valence-corrected chi connectivity index (χ2v) is 6.13. The Balaban J connectivity index is 1.80. The number of hydrogen-bond donors (Lipinski definition) is 2. The molecule has 0 heterocycles. The molecule has 4 heteroatoms. The summed E-state index contributed by atoms with van der Waals surface area (Å²) < 4.78 is 0. The van der Waals surface area contributed by atoms with Gasteiger partial charge in [-0.1, -0.05) is 24.6 Å². The Labute approximate surface area is 119 Å². The first-order valence-corrected chi connectivity index (χ1v) is 8.11. The molecule has 1 aliphatic rings. The minimum Gasteiger partial charge on any atom is -0.325 e. The van der Waals surface area contributed by atoms with E-state index in [4.69, 9.17) is 0 Å². The maximum atomic E-state index is 11.9. The number of benzene rings is 1. The lowest BCUT2D eigenvalue weighted by Gasteiger charge is -2.19. The number of thioether (sulfide) groups is 1. The summed E-state index contributed by atoms with van der Waals surface area (Å²) in [7, 11) is 0. The van der Waals surface area contributed by atoms with Gasteiger partial charge >= 0.3 is 0 Å². The van der Waals surface area contributed by atoms with E-state index in [0.717, 1.165) is 11.3 Å². The first-order chi connectivity index (χ1) is 9.20. The minimum atomic E-state index is 0.0426. The van der Waals surface area contributed by atoms with Crippen molar-refractivity contribution in [1.82, 2.24) is 5.32 Å². The average molecular weight is 278 g/mol. The molecule has 2 atom stereocenters. The normalized spacial score (nSPS) is 22.4. The molecule has 2 unspecified atom stereocenters. The molecule has 1 aromatic rings. The molecule has 2 rings (SSSR count). The van der Waals surface area contributed by atoms with Crippen molar-refractivity contribution in [3.8, 4) is 0 Å². The van der Waals surface area contributed by atoms with Crippen molar-refractivity contribution in [3.05, 3.63) is 29.8 Å². The van der Waals surface area contributed by atoms with E-state index in [1.807, 2.05) is 43.0 Å². The van der Waals surface area contributed by atoms with Gasteiger partial charge in [0.1, 0.15) is 0 Å². The lowest BCUT2D eigenvalue weighted by Crippen LogP contribution is -2.39. The van der Waals surface area contributed by atoms with Crippen LogP contribution < -0.4 is 10.6 Å². The highest BCUT2D eigenvalue weighted by molar-refractivity contribution is 7.99. The van der Waals surface area contributed by atoms with Crippen LogP contribution in [0.15, 0.2) is 24.3 Å². The fourth-order valence-electron chi connectivity index (χ4n) is 2.57. The standard InChI is InChI=1S/C15H22N2OS/c1-11-6-3-4-7-12(11)17-15(18)10-16-13-8-5-9-14(13)19-2/h3-4,6-7,13-14,16H,5,8-10H2,1-2H3,(H,17,18). The van der Waals surface area contributed by atoms with Gasteiger partial charge in [0.05, 0.1) is 6.54 Å². The number of anilines is 1. The van der Waals surface area contributed by atoms with Gasteiger partial charge in [-0.3, -0.25) is 4.79 Å². The molecule has 1 amide bonds. The van der Waals surface area contributed by atoms with E-state index in [1.165, 1.54) is 19.3 Å². The third-order valence-corrected chi connectivity index (χ3v) is 4.87. The molecule has 0 aromatic heterocycles. The summed E-state index contributed by atoms with van der Waals surface area (Å²) >= 11 is 1.90. The molecule has 19 heavy (non-hydrogen) atoms. The number of amides is 1. The van der Waals surface area contributed by atoms with Crippen LogP contribution in [0.3, 0.4) is 0 Å². The Kier molecular flexibility index (Phi) is 5.28. The maximum absolute atomic E-state index is 11.9. The zero-order valence-electron chi connectivity index (χ0n) is 11.6. The Morgan fingerprint density at radius 1 is 1.37 bits per heavy atom. The van der Waals surface area contributed by atoms with E-state index >= 15 is 0 Å². The summed E-state index contributed by atoms with van der Waals surface area (Å²) in [6.07, 6.45) is 5.86. The highest BCUT2D eigenvalue weighted by Crippen LogP contribution is 2.28. The second kappa shape index (κ2) is 6.96. The second-order valence-electron chi connectivity index (χ2n) is 5.06. The summed E-state index contributed by atoms with van der Waals surface area (Å²) in [5.74, 6) is 0.0426. The van der Waals surface area contributed by atoms with E-state index < -0.39 is 0 Å². The fourth-order valence-corrected chi connectivity index (χ4v) is 3.54. The summed E-state index contributed by atoms with van der Waals surface area (Å²) in [6.45, 7) is 2.40. The van der Waals surface area contributed by atoms with Gasteiger partial charge in [0.15, 0.2) is 0 Å². The van der Waals surface area contributed by atoms with Crippen molar-refractivity contribution >= 4 is 23.4 Å². The Bertz CT molecular complexity index is 436. The van der Waals surface area contributed by atoms with Gasteiger partial charge < -0.3 is 10.6 Å². The molecule has 0 saturated heterocycles. The zero-order chi connectivity index (χ0) is 13.7. The molecule has 1 saturated carbocycles. The Morgan fingerprint density at radius 2 is 2.16 bits per heavy atom. The van der Waals surface area contributed by atoms with Crippen LogP contribution >= 0.6 is 11.8 Å². The van der Waals surface area contributed by atoms with Crippen LogP contribution in [0.5, 0.6) is 0 Å². The van der Waals surface area contributed by atoms with Crippen LogP contribution in [0.2, 0.25) is 0 Å². The molecule has 1 fully saturated rings. The smallest absolute Gasteiger partial charge is 0.238 e. The quantitative estimate of drug-likeness (QED) is 0.870. The van der Waals surface area contributed by atoms with E-state index in [-0.39, 0.29) is 5.91 Å². The molecule has 0 bridgehead atoms. The van der Waals surface area contributed by atoms with Crippen LogP contribution in [0.1, 0.15) is 24.8 Å². The van der Waals surface area contributed by atoms with E-state index in [0.29, 0.717) is 17.8 Å². The molecule has 104 valence electrons. The topological polar surface area (TPSA) is 41.1 Å². The Hall–Kier alpha value is -1.00. The third-order valence-electron chi connectivity index (χ3n) is 3.70. The number of nitrogens with one attached hydrogen (secondary N) is 2. The molecular formula is C15H22N2OS. The predicted molar refractivity (Wildman–Crippen MR) is 82.8 cm³/mol. The molecule has 1 aliphatic carbocycles. The third kappa shape index (κ3) is 3.98. The van der Waals surface area contributed by atoms with Gasteiger partial charge in [-0.25, -0.2) is 0 Å². The molecule has 1 aromatic carbocycles. The summed E-state index contributed by atoms with van der Waals surface area (Å²) in [6, 6.07) is 8.34. The number of hydrogen-bond acceptors (Lipinski definition) is 3. The SMILES string of the molecule is CSC1CCCC1NCC(=O)Nc1ccccc1C. The van der Waals surface area contributed by atoms with Crippen LogP contribution in [0, 0.1) is 6.92 Å². The summed E-state index contributed by atoms with van der Waals surface area (Å²) in [4.78, 5) is 11.9. The minimum absolute atomic E-state index is 0.0426. The lowest BCUT2D eigenvalue weighted by atomic mass is 10.2. The van der Waals surface area contributed by atoms with Crippen molar-refractivity contribution < 1.29 is 4.79 Å². The van der Waals surface area contributed by atoms with E-state index in [9.17, 15) is 4.79 Å². The molecule has 3 nitrogen and oxygen atoms in total. The van der Waals surface area contributed by atoms with Crippen LogP contribution in [0.4, 0.5) is 5.69 Å². The summed E-state index contributed by atoms with van der Waals surface area (Å²) in [5, 5.41) is 7.01. The highest BCUT2D eigenvalue weighted by atomic mass is 32.2. The van der Waals surface area contributed by atoms with Gasteiger partial charge in [-0.15, -0.1) is 0 Å². The number of para-hydroxylation sites is 1. The number of aryl methyl sites for hydroxylation is 1. The maximum Gasteiger partial charge on any atom is 0.238 e. The molecule has 0 aliphatic heterocycles. The van der Waals surface area contributed by atoms with Gasteiger partial charge in [0.2, 0.25) is 5.91 Å². The van der Waals surface area contributed by atoms with Crippen LogP contribution in [-0.2, 0) is 4.79 Å². The van der Waals surface area contributed by atoms with E-state index in [2.05, 4.69) is 16.9 Å². The summed E-state index contributed by atoms with van der Waals surface area (Å²) in [5.41, 5.74) is 2.00. The van der Waals surface area contributed by atoms with Crippen molar-refractivity contribution in [3.63, 3.8) is 0 Å². The van der Waals surface area contributed by atoms with Crippen molar-refractivity contribution in [1.29, 1.82) is 0 Å². The molecule has 0 radical (unpaired) electrons. The van der Waals surface area contributed by atoms with Crippen molar-refractivity contribution in [2.75, 3.05) is 18.1 Å². The lowest BCUT2D eigenvalue weighted by molar-refractivity contribution is -0.115. The number of carbonyl (C=O) groups excluding carboxylic acids is 1. The van der Waals surface area contributed by atoms with Crippen LogP contribution in [0.25, 0.3) is 0 Å². The zero-order valence-corrected chi connectivity index (χ0v) is 12.4. The first-order valence-electron chi connectivity index (χ1n) is 6.82. The van der Waals surface area contributed by atoms with Gasteiger partial charge in [-0.05, 0) is 37.7 Å².